The van der Waals surface area contributed by atoms with Crippen molar-refractivity contribution in [3.8, 4) is 11.5 Å². The summed E-state index contributed by atoms with van der Waals surface area (Å²) in [7, 11) is -2.69. The molecule has 12 nitrogen and oxygen atoms in total. The SMILES string of the molecule is COc1ccc(S(=O)(=O)N(Cc2ccc(OC(C)(C)CCOC(C)(C)Cc3cn(CCF)nn3)cc2)[C@@H](C(=O)NO)C(C)C)cc1. The second-order valence-corrected chi connectivity index (χ2v) is 14.5. The van der Waals surface area contributed by atoms with Gasteiger partial charge >= 0.3 is 0 Å². The van der Waals surface area contributed by atoms with Gasteiger partial charge < -0.3 is 14.2 Å². The van der Waals surface area contributed by atoms with Gasteiger partial charge in [0, 0.05) is 25.6 Å². The number of hydrogen-bond acceptors (Lipinski definition) is 9. The lowest BCUT2D eigenvalue weighted by molar-refractivity contribution is -0.134. The zero-order chi connectivity index (χ0) is 34.1. The molecule has 3 rings (SSSR count). The summed E-state index contributed by atoms with van der Waals surface area (Å²) in [5, 5.41) is 17.4. The third-order valence-corrected chi connectivity index (χ3v) is 9.19. The maximum Gasteiger partial charge on any atom is 0.262 e. The molecule has 1 atom stereocenters. The molecular weight excluding hydrogens is 617 g/mol. The van der Waals surface area contributed by atoms with Gasteiger partial charge in [0.2, 0.25) is 10.0 Å². The third kappa shape index (κ3) is 10.2. The number of ether oxygens (including phenoxy) is 3. The van der Waals surface area contributed by atoms with Gasteiger partial charge in [-0.3, -0.25) is 10.0 Å². The number of halogens is 1. The van der Waals surface area contributed by atoms with Gasteiger partial charge in [0.1, 0.15) is 29.8 Å². The largest absolute Gasteiger partial charge is 0.497 e. The number of alkyl halides is 1. The van der Waals surface area contributed by atoms with E-state index in [4.69, 9.17) is 14.2 Å². The Bertz CT molecular complexity index is 1510. The molecule has 2 aromatic carbocycles. The first-order valence-corrected chi connectivity index (χ1v) is 16.5. The van der Waals surface area contributed by atoms with Gasteiger partial charge in [0.15, 0.2) is 0 Å². The number of carbonyl (C=O) groups excluding carboxylic acids is 1. The van der Waals surface area contributed by atoms with Crippen molar-refractivity contribution in [2.45, 2.75) is 89.6 Å². The van der Waals surface area contributed by atoms with Gasteiger partial charge in [-0.15, -0.1) is 5.10 Å². The maximum atomic E-state index is 13.8. The first-order valence-electron chi connectivity index (χ1n) is 15.1. The van der Waals surface area contributed by atoms with E-state index in [9.17, 15) is 22.8 Å². The first-order chi connectivity index (χ1) is 21.6. The molecule has 0 aliphatic rings. The van der Waals surface area contributed by atoms with E-state index >= 15 is 0 Å². The highest BCUT2D eigenvalue weighted by Crippen LogP contribution is 2.28. The zero-order valence-corrected chi connectivity index (χ0v) is 28.4. The summed E-state index contributed by atoms with van der Waals surface area (Å²) >= 11 is 0. The summed E-state index contributed by atoms with van der Waals surface area (Å²) in [4.78, 5) is 12.7. The van der Waals surface area contributed by atoms with Gasteiger partial charge in [0.05, 0.1) is 36.5 Å². The van der Waals surface area contributed by atoms with Crippen molar-refractivity contribution in [2.75, 3.05) is 20.4 Å². The fourth-order valence-electron chi connectivity index (χ4n) is 4.94. The number of hydrogen-bond donors (Lipinski definition) is 2. The lowest BCUT2D eigenvalue weighted by atomic mass is 10.0. The van der Waals surface area contributed by atoms with E-state index in [-0.39, 0.29) is 18.0 Å². The smallest absolute Gasteiger partial charge is 0.262 e. The van der Waals surface area contributed by atoms with Gasteiger partial charge in [-0.1, -0.05) is 31.2 Å². The zero-order valence-electron chi connectivity index (χ0n) is 27.6. The molecule has 0 spiro atoms. The minimum Gasteiger partial charge on any atom is -0.497 e. The molecule has 0 unspecified atom stereocenters. The van der Waals surface area contributed by atoms with E-state index in [0.29, 0.717) is 36.5 Å². The average molecular weight is 664 g/mol. The number of methoxy groups -OCH3 is 1. The number of aryl methyl sites for hydroxylation is 1. The molecule has 0 radical (unpaired) electrons. The molecule has 1 heterocycles. The quantitative estimate of drug-likeness (QED) is 0.148. The molecule has 46 heavy (non-hydrogen) atoms. The number of aromatic nitrogens is 3. The minimum atomic E-state index is -4.17. The van der Waals surface area contributed by atoms with Crippen LogP contribution in [0.3, 0.4) is 0 Å². The van der Waals surface area contributed by atoms with Crippen LogP contribution in [0, 0.1) is 5.92 Å². The monoisotopic (exact) mass is 663 g/mol. The molecule has 1 aromatic heterocycles. The second-order valence-electron chi connectivity index (χ2n) is 12.6. The topological polar surface area (TPSA) is 145 Å². The van der Waals surface area contributed by atoms with Crippen LogP contribution in [-0.2, 0) is 39.1 Å². The Balaban J connectivity index is 1.69. The van der Waals surface area contributed by atoms with E-state index in [1.807, 2.05) is 27.7 Å². The number of sulfonamides is 1. The van der Waals surface area contributed by atoms with E-state index in [0.717, 1.165) is 10.00 Å². The second kappa shape index (κ2) is 15.8. The summed E-state index contributed by atoms with van der Waals surface area (Å²) in [5.41, 5.74) is 1.85. The average Bonchev–Trinajstić information content (AvgIpc) is 3.42. The molecule has 0 saturated carbocycles. The number of hydroxylamine groups is 1. The molecule has 1 amide bonds. The Labute approximate surface area is 270 Å². The molecule has 0 fully saturated rings. The Kier molecular flexibility index (Phi) is 12.7. The van der Waals surface area contributed by atoms with E-state index in [1.54, 1.807) is 49.8 Å². The van der Waals surface area contributed by atoms with E-state index < -0.39 is 45.8 Å². The third-order valence-electron chi connectivity index (χ3n) is 7.35. The molecule has 254 valence electrons. The molecule has 14 heteroatoms. The van der Waals surface area contributed by atoms with Gasteiger partial charge in [-0.25, -0.2) is 23.0 Å². The summed E-state index contributed by atoms with van der Waals surface area (Å²) in [6, 6.07) is 11.7. The van der Waals surface area contributed by atoms with E-state index in [2.05, 4.69) is 10.3 Å². The fraction of sp³-hybridized carbons (Fsp3) is 0.531. The van der Waals surface area contributed by atoms with Crippen molar-refractivity contribution in [3.63, 3.8) is 0 Å². The number of nitrogens with zero attached hydrogens (tertiary/aromatic N) is 4. The lowest BCUT2D eigenvalue weighted by Gasteiger charge is -2.32. The number of nitrogens with one attached hydrogen (secondary N) is 1. The van der Waals surface area contributed by atoms with Crippen LogP contribution >= 0.6 is 0 Å². The predicted molar refractivity (Wildman–Crippen MR) is 170 cm³/mol. The molecule has 3 aromatic rings. The van der Waals surface area contributed by atoms with Crippen LogP contribution in [-0.4, -0.2) is 76.5 Å². The molecule has 2 N–H and O–H groups in total. The van der Waals surface area contributed by atoms with Crippen LogP contribution in [0.25, 0.3) is 0 Å². The predicted octanol–water partition coefficient (Wildman–Crippen LogP) is 4.56. The summed E-state index contributed by atoms with van der Waals surface area (Å²) < 4.78 is 60.3. The molecule has 0 saturated heterocycles. The Morgan fingerprint density at radius 2 is 1.67 bits per heavy atom. The number of rotatable bonds is 18. The van der Waals surface area contributed by atoms with Crippen molar-refractivity contribution in [1.82, 2.24) is 24.8 Å². The van der Waals surface area contributed by atoms with Crippen LogP contribution in [0.4, 0.5) is 4.39 Å². The highest BCUT2D eigenvalue weighted by atomic mass is 32.2. The number of carbonyl (C=O) groups is 1. The van der Waals surface area contributed by atoms with Crippen molar-refractivity contribution >= 4 is 15.9 Å². The summed E-state index contributed by atoms with van der Waals surface area (Å²) in [5.74, 6) is -0.214. The van der Waals surface area contributed by atoms with E-state index in [1.165, 1.54) is 36.1 Å². The standard InChI is InChI=1S/C32H46FN5O7S/c1-23(2)29(30(39)35-40)38(46(41,42)28-14-12-26(43-7)13-15-28)21-24-8-10-27(11-9-24)45-31(3,4)16-19-44-32(5,6)20-25-22-37(18-17-33)36-34-25/h8-15,22-23,29,40H,16-21H2,1-7H3,(H,35,39)/t29-/m1/s1. The normalized spacial score (nSPS) is 13.2. The van der Waals surface area contributed by atoms with Crippen molar-refractivity contribution in [2.24, 2.45) is 5.92 Å². The number of benzene rings is 2. The molecular formula is C32H46FN5O7S. The van der Waals surface area contributed by atoms with Crippen LogP contribution in [0.5, 0.6) is 11.5 Å². The van der Waals surface area contributed by atoms with Crippen molar-refractivity contribution in [1.29, 1.82) is 0 Å². The van der Waals surface area contributed by atoms with Crippen LogP contribution < -0.4 is 15.0 Å². The maximum absolute atomic E-state index is 13.8. The molecule has 0 aliphatic heterocycles. The molecule has 0 aliphatic carbocycles. The lowest BCUT2D eigenvalue weighted by Crippen LogP contribution is -2.51. The highest BCUT2D eigenvalue weighted by molar-refractivity contribution is 7.89. The Morgan fingerprint density at radius 1 is 1.04 bits per heavy atom. The Hall–Kier alpha value is -3.59. The summed E-state index contributed by atoms with van der Waals surface area (Å²) in [6.45, 7) is 11.2. The van der Waals surface area contributed by atoms with Gasteiger partial charge in [0.25, 0.3) is 5.91 Å². The van der Waals surface area contributed by atoms with Gasteiger partial charge in [-0.05, 0) is 75.6 Å². The van der Waals surface area contributed by atoms with Crippen LogP contribution in [0.2, 0.25) is 0 Å². The van der Waals surface area contributed by atoms with Crippen molar-refractivity contribution in [3.05, 3.63) is 66.0 Å². The van der Waals surface area contributed by atoms with Crippen LogP contribution in [0.15, 0.2) is 59.6 Å². The molecule has 0 bridgehead atoms. The van der Waals surface area contributed by atoms with Crippen LogP contribution in [0.1, 0.15) is 59.2 Å². The fourth-order valence-corrected chi connectivity index (χ4v) is 6.64. The van der Waals surface area contributed by atoms with Gasteiger partial charge in [-0.2, -0.15) is 4.31 Å². The van der Waals surface area contributed by atoms with Crippen molar-refractivity contribution < 1.29 is 37.0 Å². The minimum absolute atomic E-state index is 0.0140. The first kappa shape index (κ1) is 36.9. The summed E-state index contributed by atoms with van der Waals surface area (Å²) in [6.07, 6.45) is 2.82. The Morgan fingerprint density at radius 3 is 2.24 bits per heavy atom. The number of amides is 1. The highest BCUT2D eigenvalue weighted by Gasteiger charge is 2.38.